The molecule has 1 atom stereocenters. The highest BCUT2D eigenvalue weighted by molar-refractivity contribution is 6.09. The number of nitrogens with zero attached hydrogens (tertiary/aromatic N) is 2. The van der Waals surface area contributed by atoms with Crippen molar-refractivity contribution in [3.8, 4) is 5.75 Å². The lowest BCUT2D eigenvalue weighted by molar-refractivity contribution is -0.139. The monoisotopic (exact) mass is 425 g/mol. The number of amides is 4. The van der Waals surface area contributed by atoms with Crippen molar-refractivity contribution in [2.45, 2.75) is 37.9 Å². The van der Waals surface area contributed by atoms with Crippen molar-refractivity contribution >= 4 is 17.8 Å². The van der Waals surface area contributed by atoms with Crippen molar-refractivity contribution < 1.29 is 23.5 Å². The van der Waals surface area contributed by atoms with E-state index in [1.807, 2.05) is 0 Å². The van der Waals surface area contributed by atoms with Crippen LogP contribution < -0.4 is 10.1 Å². The summed E-state index contributed by atoms with van der Waals surface area (Å²) in [6.07, 6.45) is 1.65. The van der Waals surface area contributed by atoms with Crippen molar-refractivity contribution in [3.63, 3.8) is 0 Å². The Balaban J connectivity index is 1.51. The quantitative estimate of drug-likeness (QED) is 0.692. The molecular formula is C23H24FN3O4. The number of benzene rings is 2. The van der Waals surface area contributed by atoms with Crippen molar-refractivity contribution in [2.24, 2.45) is 0 Å². The van der Waals surface area contributed by atoms with Gasteiger partial charge in [-0.25, -0.2) is 9.18 Å². The molecule has 2 aliphatic rings. The van der Waals surface area contributed by atoms with Gasteiger partial charge in [-0.15, -0.1) is 0 Å². The van der Waals surface area contributed by atoms with Crippen molar-refractivity contribution in [3.05, 3.63) is 65.5 Å². The molecule has 1 saturated heterocycles. The highest BCUT2D eigenvalue weighted by atomic mass is 19.1. The molecule has 1 heterocycles. The van der Waals surface area contributed by atoms with E-state index in [2.05, 4.69) is 5.32 Å². The van der Waals surface area contributed by atoms with Crippen LogP contribution in [-0.4, -0.2) is 47.3 Å². The lowest BCUT2D eigenvalue weighted by atomic mass is 9.92. The third-order valence-electron chi connectivity index (χ3n) is 5.84. The van der Waals surface area contributed by atoms with Crippen LogP contribution in [0.25, 0.3) is 0 Å². The van der Waals surface area contributed by atoms with Gasteiger partial charge in [0.1, 0.15) is 23.7 Å². The van der Waals surface area contributed by atoms with Crippen LogP contribution in [0.5, 0.6) is 5.75 Å². The van der Waals surface area contributed by atoms with E-state index in [0.29, 0.717) is 16.9 Å². The standard InChI is InChI=1S/C23H24FN3O4/c1-23(16-7-11-18(31-2)12-8-16)21(29)27(22(30)25-23)14-20(28)26(17-9-10-17)13-15-5-3-4-6-19(15)24/h3-8,11-12,17H,9-10,13-14H2,1-2H3,(H,25,30). The molecule has 1 saturated carbocycles. The van der Waals surface area contributed by atoms with Crippen LogP contribution >= 0.6 is 0 Å². The zero-order valence-corrected chi connectivity index (χ0v) is 17.4. The normalized spacial score (nSPS) is 20.5. The molecular weight excluding hydrogens is 401 g/mol. The fourth-order valence-corrected chi connectivity index (χ4v) is 3.80. The SMILES string of the molecule is COc1ccc(C2(C)NC(=O)N(CC(=O)N(Cc3ccccc3F)C3CC3)C2=O)cc1. The number of hydrogen-bond acceptors (Lipinski definition) is 4. The minimum absolute atomic E-state index is 0.000782. The van der Waals surface area contributed by atoms with Gasteiger partial charge in [0.05, 0.1) is 7.11 Å². The Hall–Kier alpha value is -3.42. The number of halogens is 1. The van der Waals surface area contributed by atoms with Gasteiger partial charge in [-0.2, -0.15) is 0 Å². The molecule has 0 bridgehead atoms. The number of urea groups is 1. The summed E-state index contributed by atoms with van der Waals surface area (Å²) in [5.41, 5.74) is -0.283. The summed E-state index contributed by atoms with van der Waals surface area (Å²) < 4.78 is 19.2. The molecule has 162 valence electrons. The van der Waals surface area contributed by atoms with Gasteiger partial charge in [-0.05, 0) is 43.5 Å². The number of methoxy groups -OCH3 is 1. The fourth-order valence-electron chi connectivity index (χ4n) is 3.80. The van der Waals surface area contributed by atoms with Gasteiger partial charge in [0.15, 0.2) is 0 Å². The zero-order valence-electron chi connectivity index (χ0n) is 17.4. The summed E-state index contributed by atoms with van der Waals surface area (Å²) in [7, 11) is 1.54. The van der Waals surface area contributed by atoms with E-state index < -0.39 is 17.5 Å². The Morgan fingerprint density at radius 3 is 2.48 bits per heavy atom. The summed E-state index contributed by atoms with van der Waals surface area (Å²) in [6.45, 7) is 1.33. The van der Waals surface area contributed by atoms with Gasteiger partial charge < -0.3 is 15.0 Å². The average molecular weight is 425 g/mol. The fraction of sp³-hybridized carbons (Fsp3) is 0.348. The van der Waals surface area contributed by atoms with E-state index in [1.54, 1.807) is 61.4 Å². The number of rotatable bonds is 7. The predicted octanol–water partition coefficient (Wildman–Crippen LogP) is 2.79. The van der Waals surface area contributed by atoms with Gasteiger partial charge in [-0.1, -0.05) is 30.3 Å². The van der Waals surface area contributed by atoms with Crippen molar-refractivity contribution in [1.29, 1.82) is 0 Å². The van der Waals surface area contributed by atoms with Crippen molar-refractivity contribution in [1.82, 2.24) is 15.1 Å². The van der Waals surface area contributed by atoms with Gasteiger partial charge in [-0.3, -0.25) is 14.5 Å². The third kappa shape index (κ3) is 3.97. The molecule has 1 aliphatic carbocycles. The molecule has 8 heteroatoms. The average Bonchev–Trinajstić information content (AvgIpc) is 3.58. The van der Waals surface area contributed by atoms with Gasteiger partial charge in [0, 0.05) is 18.2 Å². The Morgan fingerprint density at radius 1 is 1.19 bits per heavy atom. The highest BCUT2D eigenvalue weighted by Gasteiger charge is 2.50. The number of nitrogens with one attached hydrogen (secondary N) is 1. The van der Waals surface area contributed by atoms with E-state index in [4.69, 9.17) is 4.74 Å². The number of imide groups is 1. The molecule has 31 heavy (non-hydrogen) atoms. The smallest absolute Gasteiger partial charge is 0.325 e. The zero-order chi connectivity index (χ0) is 22.2. The summed E-state index contributed by atoms with van der Waals surface area (Å²) in [6, 6.07) is 12.5. The second-order valence-electron chi connectivity index (χ2n) is 8.02. The number of carbonyl (C=O) groups is 3. The lowest BCUT2D eigenvalue weighted by Crippen LogP contribution is -2.45. The molecule has 1 aliphatic heterocycles. The summed E-state index contributed by atoms with van der Waals surface area (Å²) in [5.74, 6) is -0.640. The first-order valence-corrected chi connectivity index (χ1v) is 10.1. The van der Waals surface area contributed by atoms with E-state index in [9.17, 15) is 18.8 Å². The van der Waals surface area contributed by atoms with E-state index >= 15 is 0 Å². The summed E-state index contributed by atoms with van der Waals surface area (Å²) in [4.78, 5) is 41.2. The Kier molecular flexibility index (Phi) is 5.39. The number of carbonyl (C=O) groups excluding carboxylic acids is 3. The van der Waals surface area contributed by atoms with E-state index in [1.165, 1.54) is 6.07 Å². The predicted molar refractivity (Wildman–Crippen MR) is 111 cm³/mol. The van der Waals surface area contributed by atoms with Crippen LogP contribution in [0.4, 0.5) is 9.18 Å². The molecule has 0 aromatic heterocycles. The summed E-state index contributed by atoms with van der Waals surface area (Å²) in [5, 5.41) is 2.70. The Labute approximate surface area is 179 Å². The number of hydrogen-bond donors (Lipinski definition) is 1. The van der Waals surface area contributed by atoms with Crippen molar-refractivity contribution in [2.75, 3.05) is 13.7 Å². The van der Waals surface area contributed by atoms with Crippen LogP contribution in [0.15, 0.2) is 48.5 Å². The van der Waals surface area contributed by atoms with E-state index in [0.717, 1.165) is 17.7 Å². The molecule has 1 N–H and O–H groups in total. The molecule has 2 fully saturated rings. The van der Waals surface area contributed by atoms with Crippen LogP contribution in [-0.2, 0) is 21.7 Å². The molecule has 0 radical (unpaired) electrons. The minimum Gasteiger partial charge on any atom is -0.497 e. The first kappa shape index (κ1) is 20.8. The van der Waals surface area contributed by atoms with Gasteiger partial charge in [0.2, 0.25) is 5.91 Å². The highest BCUT2D eigenvalue weighted by Crippen LogP contribution is 2.32. The lowest BCUT2D eigenvalue weighted by Gasteiger charge is -2.26. The molecule has 2 aromatic rings. The van der Waals surface area contributed by atoms with Crippen LogP contribution in [0.2, 0.25) is 0 Å². The third-order valence-corrected chi connectivity index (χ3v) is 5.84. The van der Waals surface area contributed by atoms with E-state index in [-0.39, 0.29) is 30.9 Å². The summed E-state index contributed by atoms with van der Waals surface area (Å²) >= 11 is 0. The van der Waals surface area contributed by atoms with Crippen LogP contribution in [0, 0.1) is 5.82 Å². The Bertz CT molecular complexity index is 1020. The topological polar surface area (TPSA) is 79.0 Å². The number of ether oxygens (including phenoxy) is 1. The maximum Gasteiger partial charge on any atom is 0.325 e. The maximum absolute atomic E-state index is 14.1. The Morgan fingerprint density at radius 2 is 1.87 bits per heavy atom. The molecule has 4 amide bonds. The first-order chi connectivity index (χ1) is 14.8. The minimum atomic E-state index is -1.28. The molecule has 4 rings (SSSR count). The first-order valence-electron chi connectivity index (χ1n) is 10.1. The second kappa shape index (κ2) is 8.02. The van der Waals surface area contributed by atoms with Crippen LogP contribution in [0.1, 0.15) is 30.9 Å². The molecule has 1 unspecified atom stereocenters. The molecule has 2 aromatic carbocycles. The largest absolute Gasteiger partial charge is 0.497 e. The molecule has 0 spiro atoms. The van der Waals surface area contributed by atoms with Crippen LogP contribution in [0.3, 0.4) is 0 Å². The second-order valence-corrected chi connectivity index (χ2v) is 8.02. The molecule has 7 nitrogen and oxygen atoms in total. The van der Waals surface area contributed by atoms with Gasteiger partial charge in [0.25, 0.3) is 5.91 Å². The maximum atomic E-state index is 14.1. The van der Waals surface area contributed by atoms with Gasteiger partial charge >= 0.3 is 6.03 Å².